The number of rotatable bonds is 11. The summed E-state index contributed by atoms with van der Waals surface area (Å²) in [6.07, 6.45) is 21.8. The van der Waals surface area contributed by atoms with E-state index in [9.17, 15) is 0 Å². The molecule has 138 valence electrons. The lowest BCUT2D eigenvalue weighted by atomic mass is 9.98. The molecule has 0 aromatic carbocycles. The molecule has 2 rings (SSSR count). The Balaban J connectivity index is 2.07. The first-order chi connectivity index (χ1) is 12.9. The van der Waals surface area contributed by atoms with Gasteiger partial charge in [-0.25, -0.2) is 0 Å². The smallest absolute Gasteiger partial charge is 0.0920 e. The van der Waals surface area contributed by atoms with Crippen LogP contribution in [0.2, 0.25) is 0 Å². The highest BCUT2D eigenvalue weighted by molar-refractivity contribution is 5.62. The summed E-state index contributed by atoms with van der Waals surface area (Å²) in [4.78, 5) is 9.39. The van der Waals surface area contributed by atoms with E-state index in [2.05, 4.69) is 50.3 Å². The summed E-state index contributed by atoms with van der Waals surface area (Å²) < 4.78 is 0. The summed E-state index contributed by atoms with van der Waals surface area (Å²) in [7, 11) is 0. The van der Waals surface area contributed by atoms with Crippen molar-refractivity contribution in [1.82, 2.24) is 9.97 Å². The normalized spacial score (nSPS) is 11.6. The Labute approximate surface area is 159 Å². The van der Waals surface area contributed by atoms with E-state index in [1.807, 2.05) is 24.5 Å². The third-order valence-electron chi connectivity index (χ3n) is 4.61. The summed E-state index contributed by atoms with van der Waals surface area (Å²) in [5.74, 6) is 0. The third-order valence-corrected chi connectivity index (χ3v) is 4.61. The van der Waals surface area contributed by atoms with Crippen LogP contribution >= 0.6 is 0 Å². The Morgan fingerprint density at radius 3 is 1.58 bits per heavy atom. The molecular weight excluding hydrogens is 316 g/mol. The number of nitrogens with zero attached hydrogens (tertiary/aromatic N) is 2. The fourth-order valence-electron chi connectivity index (χ4n) is 3.20. The van der Waals surface area contributed by atoms with Crippen LogP contribution in [0.5, 0.6) is 0 Å². The summed E-state index contributed by atoms with van der Waals surface area (Å²) in [5.41, 5.74) is 4.79. The summed E-state index contributed by atoms with van der Waals surface area (Å²) in [5, 5.41) is 0. The minimum Gasteiger partial charge on any atom is -0.254 e. The van der Waals surface area contributed by atoms with E-state index in [1.165, 1.54) is 36.8 Å². The van der Waals surface area contributed by atoms with Gasteiger partial charge in [0.2, 0.25) is 0 Å². The highest BCUT2D eigenvalue weighted by atomic mass is 14.8. The quantitative estimate of drug-likeness (QED) is 0.333. The number of allylic oxidation sites excluding steroid dienone is 4. The molecule has 0 atom stereocenters. The maximum atomic E-state index is 4.69. The molecule has 0 radical (unpaired) electrons. The molecular formula is C24H32N2. The maximum Gasteiger partial charge on any atom is 0.0920 e. The molecule has 0 N–H and O–H groups in total. The first-order valence-electron chi connectivity index (χ1n) is 9.97. The van der Waals surface area contributed by atoms with Crippen molar-refractivity contribution in [3.63, 3.8) is 0 Å². The summed E-state index contributed by atoms with van der Waals surface area (Å²) >= 11 is 0. The van der Waals surface area contributed by atoms with Gasteiger partial charge in [0.1, 0.15) is 0 Å². The Bertz CT molecular complexity index is 639. The van der Waals surface area contributed by atoms with Gasteiger partial charge in [0.05, 0.1) is 11.4 Å². The Morgan fingerprint density at radius 1 is 0.692 bits per heavy atom. The van der Waals surface area contributed by atoms with E-state index in [1.54, 1.807) is 0 Å². The number of aryl methyl sites for hydroxylation is 2. The minimum absolute atomic E-state index is 1.07. The van der Waals surface area contributed by atoms with E-state index in [4.69, 9.17) is 9.97 Å². The van der Waals surface area contributed by atoms with Crippen LogP contribution in [0, 0.1) is 0 Å². The SMILES string of the molecule is C/C=C/CCCCc1cccnc1-c1ncccc1CCCC/C=C/C. The molecule has 0 aliphatic rings. The van der Waals surface area contributed by atoms with Gasteiger partial charge in [0.25, 0.3) is 0 Å². The molecule has 0 amide bonds. The topological polar surface area (TPSA) is 25.8 Å². The van der Waals surface area contributed by atoms with Gasteiger partial charge < -0.3 is 0 Å². The predicted molar refractivity (Wildman–Crippen MR) is 112 cm³/mol. The number of pyridine rings is 2. The molecule has 2 aromatic heterocycles. The molecule has 0 aliphatic heterocycles. The molecule has 0 saturated heterocycles. The lowest BCUT2D eigenvalue weighted by molar-refractivity contribution is 0.741. The van der Waals surface area contributed by atoms with Crippen molar-refractivity contribution in [2.45, 2.75) is 65.2 Å². The van der Waals surface area contributed by atoms with Gasteiger partial charge in [-0.15, -0.1) is 0 Å². The van der Waals surface area contributed by atoms with Crippen LogP contribution in [0.1, 0.15) is 63.5 Å². The summed E-state index contributed by atoms with van der Waals surface area (Å²) in [6, 6.07) is 8.51. The molecule has 26 heavy (non-hydrogen) atoms. The van der Waals surface area contributed by atoms with Gasteiger partial charge in [-0.05, 0) is 88.5 Å². The van der Waals surface area contributed by atoms with Crippen molar-refractivity contribution in [2.75, 3.05) is 0 Å². The maximum absolute atomic E-state index is 4.69. The molecule has 0 aliphatic carbocycles. The number of hydrogen-bond donors (Lipinski definition) is 0. The average molecular weight is 349 g/mol. The first kappa shape index (κ1) is 20.1. The van der Waals surface area contributed by atoms with Gasteiger partial charge in [0, 0.05) is 12.4 Å². The lowest BCUT2D eigenvalue weighted by Gasteiger charge is -2.12. The van der Waals surface area contributed by atoms with E-state index < -0.39 is 0 Å². The van der Waals surface area contributed by atoms with Crippen LogP contribution in [0.15, 0.2) is 61.0 Å². The molecule has 2 aromatic rings. The van der Waals surface area contributed by atoms with Crippen molar-refractivity contribution in [3.8, 4) is 11.4 Å². The highest BCUT2D eigenvalue weighted by Gasteiger charge is 2.11. The van der Waals surface area contributed by atoms with Crippen LogP contribution in [0.4, 0.5) is 0 Å². The first-order valence-corrected chi connectivity index (χ1v) is 9.97. The van der Waals surface area contributed by atoms with Crippen LogP contribution in [-0.2, 0) is 12.8 Å². The molecule has 0 bridgehead atoms. The monoisotopic (exact) mass is 348 g/mol. The molecule has 0 saturated carbocycles. The zero-order chi connectivity index (χ0) is 18.5. The van der Waals surface area contributed by atoms with Crippen LogP contribution in [0.25, 0.3) is 11.4 Å². The average Bonchev–Trinajstić information content (AvgIpc) is 2.68. The zero-order valence-electron chi connectivity index (χ0n) is 16.3. The largest absolute Gasteiger partial charge is 0.254 e. The summed E-state index contributed by atoms with van der Waals surface area (Å²) in [6.45, 7) is 4.17. The molecule has 2 heterocycles. The highest BCUT2D eigenvalue weighted by Crippen LogP contribution is 2.25. The van der Waals surface area contributed by atoms with E-state index in [0.717, 1.165) is 37.1 Å². The predicted octanol–water partition coefficient (Wildman–Crippen LogP) is 6.72. The molecule has 2 nitrogen and oxygen atoms in total. The van der Waals surface area contributed by atoms with Crippen LogP contribution in [-0.4, -0.2) is 9.97 Å². The number of hydrogen-bond acceptors (Lipinski definition) is 2. The minimum atomic E-state index is 1.07. The van der Waals surface area contributed by atoms with Gasteiger partial charge >= 0.3 is 0 Å². The third kappa shape index (κ3) is 6.59. The van der Waals surface area contributed by atoms with E-state index in [0.29, 0.717) is 0 Å². The van der Waals surface area contributed by atoms with Gasteiger partial charge in [-0.3, -0.25) is 9.97 Å². The van der Waals surface area contributed by atoms with Crippen molar-refractivity contribution >= 4 is 0 Å². The van der Waals surface area contributed by atoms with Gasteiger partial charge in [0.15, 0.2) is 0 Å². The second kappa shape index (κ2) is 12.2. The van der Waals surface area contributed by atoms with E-state index in [-0.39, 0.29) is 0 Å². The molecule has 0 fully saturated rings. The Hall–Kier alpha value is -2.22. The van der Waals surface area contributed by atoms with Crippen LogP contribution < -0.4 is 0 Å². The van der Waals surface area contributed by atoms with Crippen molar-refractivity contribution < 1.29 is 0 Å². The fraction of sp³-hybridized carbons (Fsp3) is 0.417. The Kier molecular flexibility index (Phi) is 9.42. The lowest BCUT2D eigenvalue weighted by Crippen LogP contribution is -1.99. The molecule has 0 unspecified atom stereocenters. The number of aromatic nitrogens is 2. The zero-order valence-corrected chi connectivity index (χ0v) is 16.3. The second-order valence-electron chi connectivity index (χ2n) is 6.65. The van der Waals surface area contributed by atoms with E-state index >= 15 is 0 Å². The van der Waals surface area contributed by atoms with Crippen molar-refractivity contribution in [3.05, 3.63) is 72.1 Å². The standard InChI is InChI=1S/C24H32N2/c1-3-5-7-9-11-15-21-17-13-19-25-23(21)24-22(18-14-20-26-24)16-12-10-8-6-4-2/h3-6,13-14,17-20H,7-12,15-16H2,1-2H3/b5-3+,6-4+. The van der Waals surface area contributed by atoms with Gasteiger partial charge in [-0.1, -0.05) is 36.4 Å². The number of unbranched alkanes of at least 4 members (excludes halogenated alkanes) is 4. The van der Waals surface area contributed by atoms with Crippen LogP contribution in [0.3, 0.4) is 0 Å². The van der Waals surface area contributed by atoms with Crippen molar-refractivity contribution in [2.24, 2.45) is 0 Å². The van der Waals surface area contributed by atoms with Crippen molar-refractivity contribution in [1.29, 1.82) is 0 Å². The molecule has 0 spiro atoms. The Morgan fingerprint density at radius 2 is 1.15 bits per heavy atom. The fourth-order valence-corrected chi connectivity index (χ4v) is 3.20. The second-order valence-corrected chi connectivity index (χ2v) is 6.65. The van der Waals surface area contributed by atoms with Gasteiger partial charge in [-0.2, -0.15) is 0 Å². The molecule has 2 heteroatoms.